The van der Waals surface area contributed by atoms with Crippen molar-refractivity contribution < 1.29 is 9.13 Å². The Morgan fingerprint density at radius 1 is 0.923 bits per heavy atom. The SMILES string of the molecule is Fc1cccc(COc2ccc(CNc3ccc(Br)c(Cl)c3)cc2Br)c1. The highest BCUT2D eigenvalue weighted by molar-refractivity contribution is 9.10. The maximum atomic E-state index is 13.2. The molecule has 134 valence electrons. The molecule has 0 unspecified atom stereocenters. The first-order valence-electron chi connectivity index (χ1n) is 7.86. The Labute approximate surface area is 173 Å². The van der Waals surface area contributed by atoms with Crippen LogP contribution in [-0.2, 0) is 13.2 Å². The molecule has 0 fully saturated rings. The van der Waals surface area contributed by atoms with Gasteiger partial charge in [-0.05, 0) is 85.5 Å². The minimum absolute atomic E-state index is 0.264. The molecule has 0 aliphatic rings. The van der Waals surface area contributed by atoms with E-state index in [2.05, 4.69) is 37.2 Å². The van der Waals surface area contributed by atoms with E-state index in [1.807, 2.05) is 42.5 Å². The molecule has 0 amide bonds. The summed E-state index contributed by atoms with van der Waals surface area (Å²) >= 11 is 13.0. The summed E-state index contributed by atoms with van der Waals surface area (Å²) in [6.07, 6.45) is 0. The molecule has 1 N–H and O–H groups in total. The van der Waals surface area contributed by atoms with Crippen LogP contribution in [0, 0.1) is 5.82 Å². The maximum Gasteiger partial charge on any atom is 0.134 e. The highest BCUT2D eigenvalue weighted by Crippen LogP contribution is 2.28. The van der Waals surface area contributed by atoms with Gasteiger partial charge >= 0.3 is 0 Å². The zero-order valence-electron chi connectivity index (χ0n) is 13.6. The van der Waals surface area contributed by atoms with Gasteiger partial charge in [-0.2, -0.15) is 0 Å². The van der Waals surface area contributed by atoms with E-state index in [-0.39, 0.29) is 5.82 Å². The first-order chi connectivity index (χ1) is 12.5. The van der Waals surface area contributed by atoms with Gasteiger partial charge in [0.25, 0.3) is 0 Å². The lowest BCUT2D eigenvalue weighted by Crippen LogP contribution is -2.01. The van der Waals surface area contributed by atoms with E-state index >= 15 is 0 Å². The van der Waals surface area contributed by atoms with Gasteiger partial charge in [-0.1, -0.05) is 29.8 Å². The molecule has 3 aromatic rings. The van der Waals surface area contributed by atoms with Crippen LogP contribution in [0.3, 0.4) is 0 Å². The number of benzene rings is 3. The number of ether oxygens (including phenoxy) is 1. The van der Waals surface area contributed by atoms with Crippen LogP contribution < -0.4 is 10.1 Å². The lowest BCUT2D eigenvalue weighted by Gasteiger charge is -2.11. The van der Waals surface area contributed by atoms with Gasteiger partial charge in [-0.25, -0.2) is 4.39 Å². The first-order valence-corrected chi connectivity index (χ1v) is 9.82. The van der Waals surface area contributed by atoms with Crippen molar-refractivity contribution >= 4 is 49.1 Å². The molecule has 3 rings (SSSR count). The van der Waals surface area contributed by atoms with Crippen molar-refractivity contribution in [3.8, 4) is 5.75 Å². The fourth-order valence-corrected chi connectivity index (χ4v) is 3.34. The molecule has 0 bridgehead atoms. The molecular formula is C20H15Br2ClFNO. The molecule has 26 heavy (non-hydrogen) atoms. The average molecular weight is 500 g/mol. The van der Waals surface area contributed by atoms with E-state index in [0.717, 1.165) is 25.8 Å². The lowest BCUT2D eigenvalue weighted by atomic mass is 10.2. The molecule has 0 spiro atoms. The summed E-state index contributed by atoms with van der Waals surface area (Å²) in [5, 5.41) is 4.00. The van der Waals surface area contributed by atoms with Crippen LogP contribution in [-0.4, -0.2) is 0 Å². The minimum Gasteiger partial charge on any atom is -0.488 e. The lowest BCUT2D eigenvalue weighted by molar-refractivity contribution is 0.303. The highest BCUT2D eigenvalue weighted by Gasteiger charge is 2.05. The highest BCUT2D eigenvalue weighted by atomic mass is 79.9. The Bertz CT molecular complexity index is 920. The molecule has 3 aromatic carbocycles. The van der Waals surface area contributed by atoms with Gasteiger partial charge in [0.1, 0.15) is 18.2 Å². The molecular weight excluding hydrogens is 484 g/mol. The molecule has 0 aliphatic heterocycles. The van der Waals surface area contributed by atoms with Gasteiger partial charge in [0, 0.05) is 16.7 Å². The van der Waals surface area contributed by atoms with E-state index in [1.54, 1.807) is 6.07 Å². The summed E-state index contributed by atoms with van der Waals surface area (Å²) in [4.78, 5) is 0. The summed E-state index contributed by atoms with van der Waals surface area (Å²) in [7, 11) is 0. The normalized spacial score (nSPS) is 10.6. The topological polar surface area (TPSA) is 21.3 Å². The fourth-order valence-electron chi connectivity index (χ4n) is 2.37. The van der Waals surface area contributed by atoms with Gasteiger partial charge in [-0.3, -0.25) is 0 Å². The van der Waals surface area contributed by atoms with Crippen molar-refractivity contribution in [2.75, 3.05) is 5.32 Å². The van der Waals surface area contributed by atoms with Crippen LogP contribution in [0.15, 0.2) is 69.6 Å². The second-order valence-electron chi connectivity index (χ2n) is 5.67. The van der Waals surface area contributed by atoms with Crippen molar-refractivity contribution in [3.05, 3.63) is 91.6 Å². The summed E-state index contributed by atoms with van der Waals surface area (Å²) < 4.78 is 20.7. The van der Waals surface area contributed by atoms with Crippen molar-refractivity contribution in [2.24, 2.45) is 0 Å². The molecule has 0 atom stereocenters. The van der Waals surface area contributed by atoms with Crippen LogP contribution >= 0.6 is 43.5 Å². The second-order valence-corrected chi connectivity index (χ2v) is 7.78. The Morgan fingerprint density at radius 3 is 2.50 bits per heavy atom. The number of rotatable bonds is 6. The zero-order chi connectivity index (χ0) is 18.5. The van der Waals surface area contributed by atoms with Gasteiger partial charge in [0.2, 0.25) is 0 Å². The van der Waals surface area contributed by atoms with E-state index in [1.165, 1.54) is 12.1 Å². The molecule has 6 heteroatoms. The van der Waals surface area contributed by atoms with Crippen LogP contribution in [0.5, 0.6) is 5.75 Å². The Kier molecular flexibility index (Phi) is 6.57. The van der Waals surface area contributed by atoms with Crippen LogP contribution in [0.4, 0.5) is 10.1 Å². The number of anilines is 1. The standard InChI is InChI=1S/C20H15Br2ClFNO/c21-17-6-5-16(10-19(17)23)25-11-13-4-7-20(18(22)9-13)26-12-14-2-1-3-15(24)8-14/h1-10,25H,11-12H2. The third-order valence-corrected chi connectivity index (χ3v) is 5.55. The number of hydrogen-bond acceptors (Lipinski definition) is 2. The Hall–Kier alpha value is -1.56. The van der Waals surface area contributed by atoms with Gasteiger partial charge in [-0.15, -0.1) is 0 Å². The third-order valence-electron chi connectivity index (χ3n) is 3.70. The van der Waals surface area contributed by atoms with Crippen molar-refractivity contribution in [1.82, 2.24) is 0 Å². The first kappa shape index (κ1) is 19.2. The predicted molar refractivity (Wildman–Crippen MR) is 111 cm³/mol. The van der Waals surface area contributed by atoms with Crippen molar-refractivity contribution in [3.63, 3.8) is 0 Å². The van der Waals surface area contributed by atoms with Crippen LogP contribution in [0.2, 0.25) is 5.02 Å². The van der Waals surface area contributed by atoms with Crippen molar-refractivity contribution in [1.29, 1.82) is 0 Å². The van der Waals surface area contributed by atoms with Crippen molar-refractivity contribution in [2.45, 2.75) is 13.2 Å². The largest absolute Gasteiger partial charge is 0.488 e. The monoisotopic (exact) mass is 497 g/mol. The van der Waals surface area contributed by atoms with Crippen LogP contribution in [0.1, 0.15) is 11.1 Å². The molecule has 0 saturated carbocycles. The van der Waals surface area contributed by atoms with Gasteiger partial charge in [0.15, 0.2) is 0 Å². The molecule has 0 aliphatic carbocycles. The second kappa shape index (κ2) is 8.89. The van der Waals surface area contributed by atoms with Crippen LogP contribution in [0.25, 0.3) is 0 Å². The quantitative estimate of drug-likeness (QED) is 0.387. The predicted octanol–water partition coefficient (Wildman–Crippen LogP) is 7.20. The summed E-state index contributed by atoms with van der Waals surface area (Å²) in [6.45, 7) is 0.964. The average Bonchev–Trinajstić information content (AvgIpc) is 2.62. The van der Waals surface area contributed by atoms with E-state index in [9.17, 15) is 4.39 Å². The number of nitrogens with one attached hydrogen (secondary N) is 1. The van der Waals surface area contributed by atoms with E-state index in [4.69, 9.17) is 16.3 Å². The Balaban J connectivity index is 1.60. The maximum absolute atomic E-state index is 13.2. The summed E-state index contributed by atoms with van der Waals surface area (Å²) in [5.41, 5.74) is 2.82. The molecule has 0 radical (unpaired) electrons. The minimum atomic E-state index is -0.264. The zero-order valence-corrected chi connectivity index (χ0v) is 17.5. The smallest absolute Gasteiger partial charge is 0.134 e. The van der Waals surface area contributed by atoms with Gasteiger partial charge in [0.05, 0.1) is 9.50 Å². The van der Waals surface area contributed by atoms with E-state index in [0.29, 0.717) is 23.9 Å². The summed E-state index contributed by atoms with van der Waals surface area (Å²) in [6, 6.07) is 18.0. The Morgan fingerprint density at radius 2 is 1.77 bits per heavy atom. The molecule has 0 heterocycles. The molecule has 0 saturated heterocycles. The van der Waals surface area contributed by atoms with Gasteiger partial charge < -0.3 is 10.1 Å². The van der Waals surface area contributed by atoms with E-state index < -0.39 is 0 Å². The number of halogens is 4. The molecule has 2 nitrogen and oxygen atoms in total. The fraction of sp³-hybridized carbons (Fsp3) is 0.100. The molecule has 0 aromatic heterocycles. The number of hydrogen-bond donors (Lipinski definition) is 1. The summed E-state index contributed by atoms with van der Waals surface area (Å²) in [5.74, 6) is 0.448. The third kappa shape index (κ3) is 5.22.